The highest BCUT2D eigenvalue weighted by atomic mass is 79.9. The fourth-order valence-electron chi connectivity index (χ4n) is 2.36. The Morgan fingerprint density at radius 2 is 1.93 bits per heavy atom. The van der Waals surface area contributed by atoms with E-state index in [9.17, 15) is 14.0 Å². The number of carbonyl (C=O) groups excluding carboxylic acids is 1. The molecular weight excluding hydrogens is 463 g/mol. The van der Waals surface area contributed by atoms with Crippen molar-refractivity contribution in [3.8, 4) is 11.6 Å². The molecule has 156 valence electrons. The Bertz CT molecular complexity index is 1090. The van der Waals surface area contributed by atoms with Crippen molar-refractivity contribution in [1.82, 2.24) is 15.3 Å². The number of carbonyl (C=O) groups is 1. The van der Waals surface area contributed by atoms with Gasteiger partial charge in [0, 0.05) is 10.5 Å². The molecule has 0 fully saturated rings. The first kappa shape index (κ1) is 21.4. The Balaban J connectivity index is 1.98. The second-order valence-corrected chi connectivity index (χ2v) is 6.68. The van der Waals surface area contributed by atoms with Crippen LogP contribution in [0.15, 0.2) is 63.9 Å². The van der Waals surface area contributed by atoms with Crippen LogP contribution in [0.25, 0.3) is 5.69 Å². The SMILES string of the molecule is O=C(NOCCO)Oc1nn(-c2ccccc2)c(=O)cc1Nc1ccc(Br)cc1F. The van der Waals surface area contributed by atoms with Gasteiger partial charge < -0.3 is 15.2 Å². The minimum absolute atomic E-state index is 0.0364. The van der Waals surface area contributed by atoms with E-state index in [-0.39, 0.29) is 30.5 Å². The van der Waals surface area contributed by atoms with E-state index in [0.717, 1.165) is 10.7 Å². The Morgan fingerprint density at radius 3 is 2.63 bits per heavy atom. The Labute approximate surface area is 178 Å². The molecule has 1 amide bonds. The second-order valence-electron chi connectivity index (χ2n) is 5.76. The van der Waals surface area contributed by atoms with Crippen LogP contribution in [0.5, 0.6) is 5.88 Å². The van der Waals surface area contributed by atoms with Crippen molar-refractivity contribution in [2.45, 2.75) is 0 Å². The van der Waals surface area contributed by atoms with Gasteiger partial charge in [-0.1, -0.05) is 34.1 Å². The molecule has 0 unspecified atom stereocenters. The summed E-state index contributed by atoms with van der Waals surface area (Å²) in [5.74, 6) is -0.899. The Hall–Kier alpha value is -3.28. The van der Waals surface area contributed by atoms with Crippen molar-refractivity contribution < 1.29 is 23.9 Å². The number of ether oxygens (including phenoxy) is 1. The van der Waals surface area contributed by atoms with E-state index >= 15 is 0 Å². The first-order valence-electron chi connectivity index (χ1n) is 8.60. The predicted octanol–water partition coefficient (Wildman–Crippen LogP) is 2.89. The third-order valence-corrected chi connectivity index (χ3v) is 4.13. The van der Waals surface area contributed by atoms with Crippen LogP contribution in [0.2, 0.25) is 0 Å². The summed E-state index contributed by atoms with van der Waals surface area (Å²) >= 11 is 3.16. The monoisotopic (exact) mass is 478 g/mol. The molecule has 30 heavy (non-hydrogen) atoms. The van der Waals surface area contributed by atoms with Crippen molar-refractivity contribution in [3.63, 3.8) is 0 Å². The zero-order chi connectivity index (χ0) is 21.5. The van der Waals surface area contributed by atoms with Crippen molar-refractivity contribution in [3.05, 3.63) is 75.2 Å². The molecule has 3 N–H and O–H groups in total. The molecule has 0 aliphatic heterocycles. The summed E-state index contributed by atoms with van der Waals surface area (Å²) in [5, 5.41) is 15.5. The molecule has 0 atom stereocenters. The lowest BCUT2D eigenvalue weighted by Gasteiger charge is -2.14. The number of hydroxylamine groups is 1. The molecule has 1 heterocycles. The molecule has 9 nitrogen and oxygen atoms in total. The van der Waals surface area contributed by atoms with E-state index in [4.69, 9.17) is 9.84 Å². The number of aliphatic hydroxyl groups is 1. The molecule has 0 spiro atoms. The maximum Gasteiger partial charge on any atom is 0.438 e. The third-order valence-electron chi connectivity index (χ3n) is 3.64. The number of rotatable bonds is 7. The van der Waals surface area contributed by atoms with Gasteiger partial charge >= 0.3 is 6.09 Å². The minimum atomic E-state index is -1.05. The van der Waals surface area contributed by atoms with Gasteiger partial charge in [0.05, 0.1) is 24.6 Å². The van der Waals surface area contributed by atoms with E-state index in [1.54, 1.807) is 36.4 Å². The highest BCUT2D eigenvalue weighted by molar-refractivity contribution is 9.10. The van der Waals surface area contributed by atoms with E-state index < -0.39 is 17.5 Å². The molecule has 0 aliphatic carbocycles. The quantitative estimate of drug-likeness (QED) is 0.353. The highest BCUT2D eigenvalue weighted by Gasteiger charge is 2.17. The van der Waals surface area contributed by atoms with Crippen LogP contribution in [0.1, 0.15) is 0 Å². The average Bonchev–Trinajstić information content (AvgIpc) is 2.72. The van der Waals surface area contributed by atoms with Gasteiger partial charge in [0.25, 0.3) is 11.4 Å². The number of hydrogen-bond acceptors (Lipinski definition) is 7. The summed E-state index contributed by atoms with van der Waals surface area (Å²) in [6.07, 6.45) is -1.05. The number of aromatic nitrogens is 2. The third kappa shape index (κ3) is 5.41. The topological polar surface area (TPSA) is 115 Å². The van der Waals surface area contributed by atoms with Gasteiger partial charge in [-0.05, 0) is 30.3 Å². The first-order valence-corrected chi connectivity index (χ1v) is 9.39. The molecule has 1 aromatic heterocycles. The fourth-order valence-corrected chi connectivity index (χ4v) is 2.69. The fraction of sp³-hybridized carbons (Fsp3) is 0.105. The number of hydrogen-bond donors (Lipinski definition) is 3. The average molecular weight is 479 g/mol. The maximum atomic E-state index is 14.2. The second kappa shape index (κ2) is 9.96. The van der Waals surface area contributed by atoms with Crippen molar-refractivity contribution in [2.24, 2.45) is 0 Å². The van der Waals surface area contributed by atoms with Gasteiger partial charge in [0.1, 0.15) is 11.5 Å². The van der Waals surface area contributed by atoms with Crippen LogP contribution in [-0.4, -0.2) is 34.2 Å². The van der Waals surface area contributed by atoms with E-state index in [0.29, 0.717) is 10.2 Å². The predicted molar refractivity (Wildman–Crippen MR) is 109 cm³/mol. The number of anilines is 2. The Kier molecular flexibility index (Phi) is 7.12. The van der Waals surface area contributed by atoms with Crippen molar-refractivity contribution in [2.75, 3.05) is 18.5 Å². The van der Waals surface area contributed by atoms with Crippen molar-refractivity contribution in [1.29, 1.82) is 0 Å². The summed E-state index contributed by atoms with van der Waals surface area (Å²) in [6, 6.07) is 13.9. The molecule has 0 bridgehead atoms. The standard InChI is InChI=1S/C19H16BrFN4O5/c20-12-6-7-15(14(21)10-12)22-16-11-17(27)25(13-4-2-1-3-5-13)23-18(16)30-19(28)24-29-9-8-26/h1-7,10-11,22,26H,8-9H2,(H,24,28). The maximum absolute atomic E-state index is 14.2. The lowest BCUT2D eigenvalue weighted by Crippen LogP contribution is -2.30. The number of amides is 1. The highest BCUT2D eigenvalue weighted by Crippen LogP contribution is 2.27. The van der Waals surface area contributed by atoms with Crippen LogP contribution < -0.4 is 21.1 Å². The molecule has 0 saturated carbocycles. The van der Waals surface area contributed by atoms with Crippen LogP contribution >= 0.6 is 15.9 Å². The molecule has 0 saturated heterocycles. The number of nitrogens with one attached hydrogen (secondary N) is 2. The molecule has 2 aromatic carbocycles. The number of aliphatic hydroxyl groups excluding tert-OH is 1. The van der Waals surface area contributed by atoms with Gasteiger partial charge in [-0.2, -0.15) is 10.2 Å². The number of nitrogens with zero attached hydrogens (tertiary/aromatic N) is 2. The Morgan fingerprint density at radius 1 is 1.17 bits per heavy atom. The van der Waals surface area contributed by atoms with Gasteiger partial charge in [-0.3, -0.25) is 9.63 Å². The van der Waals surface area contributed by atoms with E-state index in [1.807, 2.05) is 5.48 Å². The lowest BCUT2D eigenvalue weighted by molar-refractivity contribution is 0.0241. The van der Waals surface area contributed by atoms with Gasteiger partial charge in [-0.25, -0.2) is 9.18 Å². The summed E-state index contributed by atoms with van der Waals surface area (Å²) in [7, 11) is 0. The van der Waals surface area contributed by atoms with E-state index in [1.165, 1.54) is 12.1 Å². The van der Waals surface area contributed by atoms with Gasteiger partial charge in [0.15, 0.2) is 0 Å². The van der Waals surface area contributed by atoms with Gasteiger partial charge in [0.2, 0.25) is 0 Å². The number of benzene rings is 2. The smallest absolute Gasteiger partial charge is 0.394 e. The largest absolute Gasteiger partial charge is 0.438 e. The van der Waals surface area contributed by atoms with Crippen LogP contribution in [0.4, 0.5) is 20.6 Å². The number of para-hydroxylation sites is 1. The molecule has 3 aromatic rings. The molecular formula is C19H16BrFN4O5. The zero-order valence-electron chi connectivity index (χ0n) is 15.3. The van der Waals surface area contributed by atoms with Crippen molar-refractivity contribution >= 4 is 33.4 Å². The molecule has 11 heteroatoms. The summed E-state index contributed by atoms with van der Waals surface area (Å²) in [6.45, 7) is -0.464. The van der Waals surface area contributed by atoms with Crippen LogP contribution in [0.3, 0.4) is 0 Å². The number of halogens is 2. The summed E-state index contributed by atoms with van der Waals surface area (Å²) in [4.78, 5) is 29.2. The molecule has 3 rings (SSSR count). The summed E-state index contributed by atoms with van der Waals surface area (Å²) in [5.41, 5.74) is 1.86. The zero-order valence-corrected chi connectivity index (χ0v) is 16.9. The van der Waals surface area contributed by atoms with Crippen LogP contribution in [-0.2, 0) is 4.84 Å². The first-order chi connectivity index (χ1) is 14.5. The summed E-state index contributed by atoms with van der Waals surface area (Å²) < 4.78 is 20.9. The molecule has 0 aliphatic rings. The van der Waals surface area contributed by atoms with Crippen LogP contribution in [0, 0.1) is 5.82 Å². The minimum Gasteiger partial charge on any atom is -0.394 e. The normalized spacial score (nSPS) is 10.5. The molecule has 0 radical (unpaired) electrons. The lowest BCUT2D eigenvalue weighted by atomic mass is 10.3. The van der Waals surface area contributed by atoms with E-state index in [2.05, 4.69) is 31.2 Å². The van der Waals surface area contributed by atoms with Gasteiger partial charge in [-0.15, -0.1) is 5.10 Å².